The summed E-state index contributed by atoms with van der Waals surface area (Å²) < 4.78 is 37.9. The first-order valence-electron chi connectivity index (χ1n) is 10.7. The third-order valence-corrected chi connectivity index (χ3v) is 7.58. The van der Waals surface area contributed by atoms with Crippen LogP contribution in [0.1, 0.15) is 22.3 Å². The SMILES string of the molecule is N#Cc1ccc(Oc2ccc3c(c2)-c2cc(Oc4ccc(C#N)c(C#N)c4)ccc2S3(=O)=O)cc1C#N. The quantitative estimate of drug-likeness (QED) is 0.311. The standard InChI is InChI=1S/C28H12N4O4S/c29-13-17-1-3-21(9-19(17)15-31)35-23-5-7-27-25(11-23)26-12-24(6-8-28(26)37(27,33)34)36-22-4-2-18(14-30)20(10-22)16-32/h1-12H. The summed E-state index contributed by atoms with van der Waals surface area (Å²) in [5.74, 6) is 1.32. The maximum absolute atomic E-state index is 13.1. The molecule has 0 aromatic heterocycles. The topological polar surface area (TPSA) is 148 Å². The van der Waals surface area contributed by atoms with Crippen molar-refractivity contribution in [2.24, 2.45) is 0 Å². The largest absolute Gasteiger partial charge is 0.457 e. The molecule has 0 saturated carbocycles. The Bertz CT molecular complexity index is 1770. The molecule has 5 rings (SSSR count). The Hall–Kier alpha value is -5.61. The van der Waals surface area contributed by atoms with Crippen LogP contribution in [0.2, 0.25) is 0 Å². The smallest absolute Gasteiger partial charge is 0.207 e. The van der Waals surface area contributed by atoms with Gasteiger partial charge in [-0.15, -0.1) is 0 Å². The van der Waals surface area contributed by atoms with Gasteiger partial charge in [0.2, 0.25) is 9.84 Å². The Morgan fingerprint density at radius 3 is 1.22 bits per heavy atom. The molecule has 0 atom stereocenters. The second kappa shape index (κ2) is 8.87. The first kappa shape index (κ1) is 23.1. The van der Waals surface area contributed by atoms with Crippen molar-refractivity contribution in [2.75, 3.05) is 0 Å². The van der Waals surface area contributed by atoms with E-state index in [0.29, 0.717) is 34.1 Å². The molecular weight excluding hydrogens is 488 g/mol. The molecule has 174 valence electrons. The van der Waals surface area contributed by atoms with Crippen LogP contribution >= 0.6 is 0 Å². The van der Waals surface area contributed by atoms with Crippen LogP contribution in [0.5, 0.6) is 23.0 Å². The van der Waals surface area contributed by atoms with Crippen LogP contribution in [0.25, 0.3) is 11.1 Å². The molecule has 4 aromatic rings. The lowest BCUT2D eigenvalue weighted by Crippen LogP contribution is -1.96. The van der Waals surface area contributed by atoms with Gasteiger partial charge in [0.1, 0.15) is 47.3 Å². The molecule has 9 heteroatoms. The summed E-state index contributed by atoms with van der Waals surface area (Å²) in [6, 6.07) is 25.8. The van der Waals surface area contributed by atoms with Crippen molar-refractivity contribution in [2.45, 2.75) is 9.79 Å². The maximum Gasteiger partial charge on any atom is 0.207 e. The highest BCUT2D eigenvalue weighted by molar-refractivity contribution is 7.92. The first-order valence-corrected chi connectivity index (χ1v) is 12.1. The van der Waals surface area contributed by atoms with Gasteiger partial charge in [0.25, 0.3) is 0 Å². The summed E-state index contributed by atoms with van der Waals surface area (Å²) in [4.78, 5) is 0.240. The molecule has 0 saturated heterocycles. The van der Waals surface area contributed by atoms with Gasteiger partial charge in [0.15, 0.2) is 0 Å². The van der Waals surface area contributed by atoms with E-state index in [-0.39, 0.29) is 32.0 Å². The van der Waals surface area contributed by atoms with E-state index in [0.717, 1.165) is 0 Å². The van der Waals surface area contributed by atoms with Crippen molar-refractivity contribution in [3.05, 3.63) is 95.1 Å². The molecule has 0 bridgehead atoms. The fourth-order valence-electron chi connectivity index (χ4n) is 3.98. The second-order valence-corrected chi connectivity index (χ2v) is 9.77. The van der Waals surface area contributed by atoms with E-state index >= 15 is 0 Å². The van der Waals surface area contributed by atoms with Crippen LogP contribution in [0.15, 0.2) is 82.6 Å². The minimum absolute atomic E-state index is 0.120. The lowest BCUT2D eigenvalue weighted by Gasteiger charge is -2.10. The third kappa shape index (κ3) is 3.99. The molecular formula is C28H12N4O4S. The zero-order valence-corrected chi connectivity index (χ0v) is 19.6. The number of fused-ring (bicyclic) bond motifs is 3. The highest BCUT2D eigenvalue weighted by Gasteiger charge is 2.33. The van der Waals surface area contributed by atoms with Crippen LogP contribution in [-0.4, -0.2) is 8.42 Å². The van der Waals surface area contributed by atoms with Gasteiger partial charge in [-0.3, -0.25) is 0 Å². The Labute approximate surface area is 211 Å². The Morgan fingerprint density at radius 1 is 0.486 bits per heavy atom. The van der Waals surface area contributed by atoms with E-state index in [1.807, 2.05) is 24.3 Å². The lowest BCUT2D eigenvalue weighted by atomic mass is 10.1. The molecule has 0 N–H and O–H groups in total. The minimum Gasteiger partial charge on any atom is -0.457 e. The van der Waals surface area contributed by atoms with Crippen molar-refractivity contribution < 1.29 is 17.9 Å². The molecule has 1 aliphatic rings. The van der Waals surface area contributed by atoms with Crippen LogP contribution < -0.4 is 9.47 Å². The van der Waals surface area contributed by atoms with Gasteiger partial charge in [0, 0.05) is 11.1 Å². The Balaban J connectivity index is 1.52. The number of rotatable bonds is 4. The van der Waals surface area contributed by atoms with Crippen molar-refractivity contribution in [3.63, 3.8) is 0 Å². The molecule has 0 radical (unpaired) electrons. The van der Waals surface area contributed by atoms with Gasteiger partial charge in [-0.1, -0.05) is 0 Å². The first-order chi connectivity index (χ1) is 17.9. The monoisotopic (exact) mass is 500 g/mol. The highest BCUT2D eigenvalue weighted by atomic mass is 32.2. The molecule has 1 heterocycles. The van der Waals surface area contributed by atoms with E-state index < -0.39 is 9.84 Å². The molecule has 1 aliphatic heterocycles. The van der Waals surface area contributed by atoms with E-state index in [1.165, 1.54) is 48.5 Å². The average molecular weight is 500 g/mol. The summed E-state index contributed by atoms with van der Waals surface area (Å²) in [7, 11) is -3.75. The number of ether oxygens (including phenoxy) is 2. The summed E-state index contributed by atoms with van der Waals surface area (Å²) in [5.41, 5.74) is 1.62. The maximum atomic E-state index is 13.1. The van der Waals surface area contributed by atoms with Gasteiger partial charge in [-0.25, -0.2) is 8.42 Å². The molecule has 0 spiro atoms. The molecule has 4 aromatic carbocycles. The Kier molecular flexibility index (Phi) is 5.55. The molecule has 0 unspecified atom stereocenters. The number of nitriles is 4. The van der Waals surface area contributed by atoms with Crippen molar-refractivity contribution >= 4 is 9.84 Å². The third-order valence-electron chi connectivity index (χ3n) is 5.71. The van der Waals surface area contributed by atoms with Crippen molar-refractivity contribution in [1.29, 1.82) is 21.0 Å². The van der Waals surface area contributed by atoms with Gasteiger partial charge >= 0.3 is 0 Å². The minimum atomic E-state index is -3.75. The van der Waals surface area contributed by atoms with E-state index in [9.17, 15) is 18.9 Å². The van der Waals surface area contributed by atoms with E-state index in [1.54, 1.807) is 24.3 Å². The van der Waals surface area contributed by atoms with E-state index in [2.05, 4.69) is 0 Å². The van der Waals surface area contributed by atoms with Gasteiger partial charge in [-0.05, 0) is 72.8 Å². The number of hydrogen-bond donors (Lipinski definition) is 0. The Morgan fingerprint density at radius 2 is 0.838 bits per heavy atom. The lowest BCUT2D eigenvalue weighted by molar-refractivity contribution is 0.481. The molecule has 0 aliphatic carbocycles. The van der Waals surface area contributed by atoms with Gasteiger partial charge in [0.05, 0.1) is 32.0 Å². The van der Waals surface area contributed by atoms with Crippen molar-refractivity contribution in [1.82, 2.24) is 0 Å². The zero-order valence-electron chi connectivity index (χ0n) is 18.8. The van der Waals surface area contributed by atoms with Crippen LogP contribution in [-0.2, 0) is 9.84 Å². The van der Waals surface area contributed by atoms with Crippen LogP contribution in [0.4, 0.5) is 0 Å². The van der Waals surface area contributed by atoms with Gasteiger partial charge in [-0.2, -0.15) is 21.0 Å². The summed E-state index contributed by atoms with van der Waals surface area (Å²) in [6.07, 6.45) is 0. The predicted octanol–water partition coefficient (Wildman–Crippen LogP) is 5.57. The fraction of sp³-hybridized carbons (Fsp3) is 0. The fourth-order valence-corrected chi connectivity index (χ4v) is 5.63. The number of sulfone groups is 1. The second-order valence-electron chi connectivity index (χ2n) is 7.89. The average Bonchev–Trinajstić information content (AvgIpc) is 3.14. The molecule has 37 heavy (non-hydrogen) atoms. The molecule has 8 nitrogen and oxygen atoms in total. The normalized spacial score (nSPS) is 12.1. The van der Waals surface area contributed by atoms with Gasteiger partial charge < -0.3 is 9.47 Å². The molecule has 0 fully saturated rings. The highest BCUT2D eigenvalue weighted by Crippen LogP contribution is 2.46. The summed E-state index contributed by atoms with van der Waals surface area (Å²) >= 11 is 0. The zero-order chi connectivity index (χ0) is 26.2. The van der Waals surface area contributed by atoms with E-state index in [4.69, 9.17) is 20.0 Å². The number of hydrogen-bond acceptors (Lipinski definition) is 8. The number of nitrogens with zero attached hydrogens (tertiary/aromatic N) is 4. The molecule has 0 amide bonds. The van der Waals surface area contributed by atoms with Crippen LogP contribution in [0.3, 0.4) is 0 Å². The predicted molar refractivity (Wildman–Crippen MR) is 129 cm³/mol. The number of benzene rings is 4. The summed E-state index contributed by atoms with van der Waals surface area (Å²) in [5, 5.41) is 36.7. The summed E-state index contributed by atoms with van der Waals surface area (Å²) in [6.45, 7) is 0. The van der Waals surface area contributed by atoms with Crippen LogP contribution in [0, 0.1) is 45.3 Å². The van der Waals surface area contributed by atoms with Crippen molar-refractivity contribution in [3.8, 4) is 58.4 Å².